The molecule has 0 aliphatic carbocycles. The summed E-state index contributed by atoms with van der Waals surface area (Å²) in [4.78, 5) is 38.4. The van der Waals surface area contributed by atoms with Crippen molar-refractivity contribution in [2.75, 3.05) is 13.2 Å². The smallest absolute Gasteiger partial charge is 0.306 e. The van der Waals surface area contributed by atoms with Gasteiger partial charge in [-0.05, 0) is 70.6 Å². The second kappa shape index (κ2) is 67.1. The molecule has 0 aromatic carbocycles. The molecule has 0 N–H and O–H groups in total. The molecule has 0 aliphatic rings. The molecule has 0 aromatic rings. The zero-order valence-corrected chi connectivity index (χ0v) is 52.7. The van der Waals surface area contributed by atoms with Crippen molar-refractivity contribution in [1.82, 2.24) is 0 Å². The van der Waals surface area contributed by atoms with Crippen LogP contribution in [0.3, 0.4) is 0 Å². The number of hydrogen-bond donors (Lipinski definition) is 0. The van der Waals surface area contributed by atoms with Crippen LogP contribution in [0.25, 0.3) is 0 Å². The van der Waals surface area contributed by atoms with Crippen LogP contribution in [0.5, 0.6) is 0 Å². The third kappa shape index (κ3) is 64.5. The van der Waals surface area contributed by atoms with Gasteiger partial charge in [0.05, 0.1) is 0 Å². The van der Waals surface area contributed by atoms with E-state index in [1.54, 1.807) is 0 Å². The van der Waals surface area contributed by atoms with Gasteiger partial charge in [-0.1, -0.05) is 333 Å². The fraction of sp³-hybridized carbons (Fsp3) is 0.875. The molecule has 0 radical (unpaired) electrons. The number of rotatable bonds is 65. The molecule has 0 bridgehead atoms. The summed E-state index contributed by atoms with van der Waals surface area (Å²) < 4.78 is 17.0. The highest BCUT2D eigenvalue weighted by atomic mass is 16.6. The predicted molar refractivity (Wildman–Crippen MR) is 339 cm³/mol. The number of carbonyl (C=O) groups excluding carboxylic acids is 3. The summed E-state index contributed by atoms with van der Waals surface area (Å²) in [6.45, 7) is 6.64. The highest BCUT2D eigenvalue weighted by Crippen LogP contribution is 2.18. The monoisotopic (exact) mass is 1100 g/mol. The molecular formula is C72H134O6. The molecule has 0 saturated heterocycles. The number of carbonyl (C=O) groups is 3. The Bertz CT molecular complexity index is 1300. The van der Waals surface area contributed by atoms with Gasteiger partial charge in [0, 0.05) is 19.3 Å². The number of ether oxygens (including phenoxy) is 3. The van der Waals surface area contributed by atoms with Gasteiger partial charge in [-0.25, -0.2) is 0 Å². The van der Waals surface area contributed by atoms with Crippen LogP contribution in [0, 0.1) is 0 Å². The van der Waals surface area contributed by atoms with Gasteiger partial charge in [-0.3, -0.25) is 14.4 Å². The Morgan fingerprint density at radius 1 is 0.256 bits per heavy atom. The van der Waals surface area contributed by atoms with E-state index in [0.717, 1.165) is 83.5 Å². The van der Waals surface area contributed by atoms with Crippen LogP contribution in [-0.4, -0.2) is 37.2 Å². The molecule has 0 saturated carbocycles. The van der Waals surface area contributed by atoms with Crippen molar-refractivity contribution in [2.45, 2.75) is 393 Å². The Morgan fingerprint density at radius 3 is 0.769 bits per heavy atom. The van der Waals surface area contributed by atoms with E-state index in [1.165, 1.54) is 263 Å². The van der Waals surface area contributed by atoms with Crippen LogP contribution in [-0.2, 0) is 28.6 Å². The summed E-state index contributed by atoms with van der Waals surface area (Å²) in [5.41, 5.74) is 0. The zero-order valence-electron chi connectivity index (χ0n) is 52.7. The van der Waals surface area contributed by atoms with Gasteiger partial charge >= 0.3 is 17.9 Å². The van der Waals surface area contributed by atoms with Gasteiger partial charge in [0.1, 0.15) is 13.2 Å². The first-order valence-electron chi connectivity index (χ1n) is 35.0. The lowest BCUT2D eigenvalue weighted by atomic mass is 10.0. The molecule has 78 heavy (non-hydrogen) atoms. The third-order valence-corrected chi connectivity index (χ3v) is 15.8. The molecule has 0 aromatic heterocycles. The quantitative estimate of drug-likeness (QED) is 0.0261. The van der Waals surface area contributed by atoms with E-state index in [4.69, 9.17) is 14.2 Å². The Labute approximate surface area is 486 Å². The summed E-state index contributed by atoms with van der Waals surface area (Å²) in [5.74, 6) is -0.859. The maximum absolute atomic E-state index is 12.9. The van der Waals surface area contributed by atoms with Crippen molar-refractivity contribution in [3.63, 3.8) is 0 Å². The first-order valence-corrected chi connectivity index (χ1v) is 35.0. The van der Waals surface area contributed by atoms with Crippen molar-refractivity contribution < 1.29 is 28.6 Å². The minimum absolute atomic E-state index is 0.0720. The molecule has 0 fully saturated rings. The van der Waals surface area contributed by atoms with Crippen LogP contribution in [0.1, 0.15) is 387 Å². The maximum Gasteiger partial charge on any atom is 0.306 e. The molecule has 6 heteroatoms. The standard InChI is InChI=1S/C72H134O6/c1-4-7-10-13-16-19-22-25-27-29-31-33-35-36-37-39-40-42-44-47-50-53-56-59-62-65-71(74)77-68-69(67-76-70(73)64-61-58-55-52-49-46-24-21-18-15-12-9-6-3)78-72(75)66-63-60-57-54-51-48-45-43-41-38-34-32-30-28-26-23-20-17-14-11-8-5-2/h12,15,21,24,29,31,69H,4-11,13-14,16-20,22-23,25-28,30,32-68H2,1-3H3/b15-12-,24-21-,31-29-. The Hall–Kier alpha value is -2.37. The lowest BCUT2D eigenvalue weighted by Crippen LogP contribution is -2.30. The lowest BCUT2D eigenvalue weighted by Gasteiger charge is -2.18. The molecule has 1 atom stereocenters. The molecular weight excluding hydrogens is 961 g/mol. The predicted octanol–water partition coefficient (Wildman–Crippen LogP) is 23.9. The van der Waals surface area contributed by atoms with Crippen molar-refractivity contribution >= 4 is 17.9 Å². The molecule has 0 amide bonds. The summed E-state index contributed by atoms with van der Waals surface area (Å²) in [6.07, 6.45) is 83.2. The van der Waals surface area contributed by atoms with Crippen LogP contribution in [0.15, 0.2) is 36.5 Å². The van der Waals surface area contributed by atoms with Gasteiger partial charge in [0.25, 0.3) is 0 Å². The van der Waals surface area contributed by atoms with E-state index in [-0.39, 0.29) is 31.1 Å². The first kappa shape index (κ1) is 75.6. The number of allylic oxidation sites excluding steroid dienone is 6. The van der Waals surface area contributed by atoms with Crippen molar-refractivity contribution in [3.05, 3.63) is 36.5 Å². The summed E-state index contributed by atoms with van der Waals surface area (Å²) in [7, 11) is 0. The summed E-state index contributed by atoms with van der Waals surface area (Å²) in [6, 6.07) is 0. The average molecular weight is 1100 g/mol. The average Bonchev–Trinajstić information content (AvgIpc) is 3.44. The number of esters is 3. The lowest BCUT2D eigenvalue weighted by molar-refractivity contribution is -0.167. The Balaban J connectivity index is 4.23. The third-order valence-electron chi connectivity index (χ3n) is 15.8. The molecule has 6 nitrogen and oxygen atoms in total. The molecule has 458 valence electrons. The number of unbranched alkanes of at least 4 members (excludes halogenated alkanes) is 48. The minimum atomic E-state index is -0.776. The van der Waals surface area contributed by atoms with Gasteiger partial charge in [-0.2, -0.15) is 0 Å². The highest BCUT2D eigenvalue weighted by molar-refractivity contribution is 5.71. The molecule has 0 aliphatic heterocycles. The minimum Gasteiger partial charge on any atom is -0.462 e. The van der Waals surface area contributed by atoms with Crippen LogP contribution in [0.4, 0.5) is 0 Å². The molecule has 0 rings (SSSR count). The molecule has 0 spiro atoms. The highest BCUT2D eigenvalue weighted by Gasteiger charge is 2.19. The van der Waals surface area contributed by atoms with Crippen molar-refractivity contribution in [1.29, 1.82) is 0 Å². The van der Waals surface area contributed by atoms with E-state index in [1.807, 2.05) is 0 Å². The van der Waals surface area contributed by atoms with Crippen LogP contribution >= 0.6 is 0 Å². The Morgan fingerprint density at radius 2 is 0.487 bits per heavy atom. The van der Waals surface area contributed by atoms with E-state index >= 15 is 0 Å². The second-order valence-corrected chi connectivity index (χ2v) is 23.8. The fourth-order valence-corrected chi connectivity index (χ4v) is 10.6. The molecule has 1 unspecified atom stereocenters. The van der Waals surface area contributed by atoms with Crippen LogP contribution in [0.2, 0.25) is 0 Å². The van der Waals surface area contributed by atoms with E-state index < -0.39 is 6.10 Å². The summed E-state index contributed by atoms with van der Waals surface area (Å²) >= 11 is 0. The Kier molecular flexibility index (Phi) is 65.1. The van der Waals surface area contributed by atoms with Gasteiger partial charge in [0.15, 0.2) is 6.10 Å². The van der Waals surface area contributed by atoms with Crippen molar-refractivity contribution in [3.8, 4) is 0 Å². The second-order valence-electron chi connectivity index (χ2n) is 23.8. The zero-order chi connectivity index (χ0) is 56.4. The SMILES string of the molecule is CCC/C=C\C/C=C\CCCCCCCC(=O)OCC(COC(=O)CCCCCCCCCCCCCCC/C=C\CCCCCCCCCC)OC(=O)CCCCCCCCCCCCCCCCCCCCCCCC. The van der Waals surface area contributed by atoms with Gasteiger partial charge in [0.2, 0.25) is 0 Å². The summed E-state index contributed by atoms with van der Waals surface area (Å²) in [5, 5.41) is 0. The van der Waals surface area contributed by atoms with E-state index in [0.29, 0.717) is 19.3 Å². The molecule has 0 heterocycles. The van der Waals surface area contributed by atoms with E-state index in [9.17, 15) is 14.4 Å². The van der Waals surface area contributed by atoms with Crippen molar-refractivity contribution in [2.24, 2.45) is 0 Å². The van der Waals surface area contributed by atoms with Crippen LogP contribution < -0.4 is 0 Å². The normalized spacial score (nSPS) is 12.2. The largest absolute Gasteiger partial charge is 0.462 e. The first-order chi connectivity index (χ1) is 38.5. The van der Waals surface area contributed by atoms with Gasteiger partial charge < -0.3 is 14.2 Å². The topological polar surface area (TPSA) is 78.9 Å². The fourth-order valence-electron chi connectivity index (χ4n) is 10.6. The maximum atomic E-state index is 12.9. The van der Waals surface area contributed by atoms with E-state index in [2.05, 4.69) is 57.2 Å². The van der Waals surface area contributed by atoms with Gasteiger partial charge in [-0.15, -0.1) is 0 Å². The number of hydrogen-bond acceptors (Lipinski definition) is 6.